The zero-order chi connectivity index (χ0) is 16.1. The number of carboxylic acid groups (broad SMARTS) is 1. The van der Waals surface area contributed by atoms with Gasteiger partial charge in [0.15, 0.2) is 0 Å². The number of hydrogen-bond acceptors (Lipinski definition) is 4. The van der Waals surface area contributed by atoms with Crippen LogP contribution in [0, 0.1) is 0 Å². The third-order valence-electron chi connectivity index (χ3n) is 3.47. The van der Waals surface area contributed by atoms with Gasteiger partial charge in [-0.15, -0.1) is 0 Å². The predicted octanol–water partition coefficient (Wildman–Crippen LogP) is 2.65. The van der Waals surface area contributed by atoms with Gasteiger partial charge in [0.1, 0.15) is 5.69 Å². The SMILES string of the molecule is CCOC(=O)CCN(CC)c1ccc2[nH]c(C(=O)O)cc2c1. The molecule has 2 aromatic rings. The Kier molecular flexibility index (Phi) is 5.04. The van der Waals surface area contributed by atoms with Gasteiger partial charge >= 0.3 is 11.9 Å². The highest BCUT2D eigenvalue weighted by Crippen LogP contribution is 2.23. The van der Waals surface area contributed by atoms with E-state index in [9.17, 15) is 9.59 Å². The van der Waals surface area contributed by atoms with E-state index in [-0.39, 0.29) is 11.7 Å². The molecule has 0 amide bonds. The number of rotatable bonds is 7. The number of carboxylic acids is 1. The van der Waals surface area contributed by atoms with Gasteiger partial charge in [-0.2, -0.15) is 0 Å². The van der Waals surface area contributed by atoms with Crippen molar-refractivity contribution in [1.29, 1.82) is 0 Å². The summed E-state index contributed by atoms with van der Waals surface area (Å²) in [6, 6.07) is 7.30. The summed E-state index contributed by atoms with van der Waals surface area (Å²) in [4.78, 5) is 27.4. The molecule has 22 heavy (non-hydrogen) atoms. The molecule has 1 heterocycles. The van der Waals surface area contributed by atoms with Gasteiger partial charge in [0, 0.05) is 29.7 Å². The summed E-state index contributed by atoms with van der Waals surface area (Å²) < 4.78 is 4.94. The Morgan fingerprint density at radius 3 is 2.68 bits per heavy atom. The Morgan fingerprint density at radius 1 is 1.27 bits per heavy atom. The van der Waals surface area contributed by atoms with Crippen molar-refractivity contribution in [2.24, 2.45) is 0 Å². The zero-order valence-corrected chi connectivity index (χ0v) is 12.8. The van der Waals surface area contributed by atoms with Crippen molar-refractivity contribution in [3.63, 3.8) is 0 Å². The highest BCUT2D eigenvalue weighted by atomic mass is 16.5. The minimum atomic E-state index is -0.979. The van der Waals surface area contributed by atoms with E-state index < -0.39 is 5.97 Å². The van der Waals surface area contributed by atoms with E-state index >= 15 is 0 Å². The summed E-state index contributed by atoms with van der Waals surface area (Å²) in [6.07, 6.45) is 0.327. The molecule has 0 radical (unpaired) electrons. The normalized spacial score (nSPS) is 10.6. The van der Waals surface area contributed by atoms with E-state index in [1.807, 2.05) is 25.1 Å². The number of nitrogens with one attached hydrogen (secondary N) is 1. The second-order valence-corrected chi connectivity index (χ2v) is 4.89. The maximum absolute atomic E-state index is 11.5. The minimum Gasteiger partial charge on any atom is -0.477 e. The minimum absolute atomic E-state index is 0.168. The molecule has 0 aliphatic carbocycles. The number of hydrogen-bond donors (Lipinski definition) is 2. The molecule has 0 aliphatic heterocycles. The van der Waals surface area contributed by atoms with E-state index in [0.29, 0.717) is 19.6 Å². The number of ether oxygens (including phenoxy) is 1. The number of carbonyl (C=O) groups excluding carboxylic acids is 1. The molecule has 0 bridgehead atoms. The lowest BCUT2D eigenvalue weighted by Crippen LogP contribution is -2.26. The Labute approximate surface area is 128 Å². The molecule has 0 fully saturated rings. The first-order valence-electron chi connectivity index (χ1n) is 7.31. The predicted molar refractivity (Wildman–Crippen MR) is 84.4 cm³/mol. The molecule has 1 aromatic heterocycles. The van der Waals surface area contributed by atoms with E-state index in [4.69, 9.17) is 9.84 Å². The number of aromatic nitrogens is 1. The first kappa shape index (κ1) is 15.9. The second kappa shape index (κ2) is 6.98. The average molecular weight is 304 g/mol. The van der Waals surface area contributed by atoms with Crippen LogP contribution in [-0.4, -0.2) is 41.7 Å². The van der Waals surface area contributed by atoms with Gasteiger partial charge in [0.25, 0.3) is 0 Å². The number of nitrogens with zero attached hydrogens (tertiary/aromatic N) is 1. The summed E-state index contributed by atoms with van der Waals surface area (Å²) >= 11 is 0. The van der Waals surface area contributed by atoms with Crippen molar-refractivity contribution in [3.05, 3.63) is 30.0 Å². The molecule has 1 aromatic carbocycles. The van der Waals surface area contributed by atoms with Gasteiger partial charge < -0.3 is 19.7 Å². The van der Waals surface area contributed by atoms with Crippen LogP contribution in [0.25, 0.3) is 10.9 Å². The molecular weight excluding hydrogens is 284 g/mol. The fourth-order valence-corrected chi connectivity index (χ4v) is 2.36. The van der Waals surface area contributed by atoms with Crippen LogP contribution in [0.15, 0.2) is 24.3 Å². The van der Waals surface area contributed by atoms with Crippen LogP contribution in [0.1, 0.15) is 30.8 Å². The van der Waals surface area contributed by atoms with Gasteiger partial charge in [-0.1, -0.05) is 0 Å². The van der Waals surface area contributed by atoms with Crippen molar-refractivity contribution in [2.75, 3.05) is 24.6 Å². The summed E-state index contributed by atoms with van der Waals surface area (Å²) in [7, 11) is 0. The number of esters is 1. The monoisotopic (exact) mass is 304 g/mol. The van der Waals surface area contributed by atoms with Gasteiger partial charge in [-0.3, -0.25) is 4.79 Å². The molecule has 6 heteroatoms. The number of anilines is 1. The van der Waals surface area contributed by atoms with E-state index in [2.05, 4.69) is 9.88 Å². The third-order valence-corrected chi connectivity index (χ3v) is 3.47. The van der Waals surface area contributed by atoms with Crippen molar-refractivity contribution >= 4 is 28.5 Å². The maximum atomic E-state index is 11.5. The number of aromatic carboxylic acids is 1. The molecule has 0 unspecified atom stereocenters. The largest absolute Gasteiger partial charge is 0.477 e. The molecule has 0 atom stereocenters. The Bertz CT molecular complexity index is 678. The molecule has 2 N–H and O–H groups in total. The van der Waals surface area contributed by atoms with Gasteiger partial charge in [-0.05, 0) is 38.1 Å². The van der Waals surface area contributed by atoms with Crippen molar-refractivity contribution in [3.8, 4) is 0 Å². The van der Waals surface area contributed by atoms with Crippen LogP contribution in [-0.2, 0) is 9.53 Å². The summed E-state index contributed by atoms with van der Waals surface area (Å²) in [5.74, 6) is -1.19. The first-order chi connectivity index (χ1) is 10.5. The van der Waals surface area contributed by atoms with E-state index in [1.54, 1.807) is 13.0 Å². The standard InChI is InChI=1S/C16H20N2O4/c1-3-18(8-7-15(19)22-4-2)12-5-6-13-11(9-12)10-14(17-13)16(20)21/h5-6,9-10,17H,3-4,7-8H2,1-2H3,(H,20,21). The van der Waals surface area contributed by atoms with Crippen molar-refractivity contribution in [2.45, 2.75) is 20.3 Å². The van der Waals surface area contributed by atoms with Crippen LogP contribution in [0.3, 0.4) is 0 Å². The lowest BCUT2D eigenvalue weighted by molar-refractivity contribution is -0.142. The second-order valence-electron chi connectivity index (χ2n) is 4.89. The smallest absolute Gasteiger partial charge is 0.352 e. The number of H-pyrrole nitrogens is 1. The van der Waals surface area contributed by atoms with Gasteiger partial charge in [0.05, 0.1) is 13.0 Å². The number of benzene rings is 1. The first-order valence-corrected chi connectivity index (χ1v) is 7.31. The number of aromatic amines is 1. The van der Waals surface area contributed by atoms with Crippen molar-refractivity contribution in [1.82, 2.24) is 4.98 Å². The highest BCUT2D eigenvalue weighted by molar-refractivity contribution is 5.94. The maximum Gasteiger partial charge on any atom is 0.352 e. The molecule has 2 rings (SSSR count). The topological polar surface area (TPSA) is 82.6 Å². The van der Waals surface area contributed by atoms with Crippen molar-refractivity contribution < 1.29 is 19.4 Å². The Balaban J connectivity index is 2.16. The zero-order valence-electron chi connectivity index (χ0n) is 12.8. The molecule has 118 valence electrons. The fraction of sp³-hybridized carbons (Fsp3) is 0.375. The molecule has 0 saturated carbocycles. The third kappa shape index (κ3) is 3.58. The van der Waals surface area contributed by atoms with Crippen LogP contribution >= 0.6 is 0 Å². The molecule has 0 aliphatic rings. The summed E-state index contributed by atoms with van der Waals surface area (Å²) in [6.45, 7) is 5.50. The van der Waals surface area contributed by atoms with Crippen LogP contribution in [0.5, 0.6) is 0 Å². The fourth-order valence-electron chi connectivity index (χ4n) is 2.36. The van der Waals surface area contributed by atoms with Gasteiger partial charge in [-0.25, -0.2) is 4.79 Å². The Hall–Kier alpha value is -2.50. The lowest BCUT2D eigenvalue weighted by atomic mass is 10.2. The molecule has 0 saturated heterocycles. The molecular formula is C16H20N2O4. The molecule has 0 spiro atoms. The van der Waals surface area contributed by atoms with Crippen LogP contribution in [0.4, 0.5) is 5.69 Å². The average Bonchev–Trinajstić information content (AvgIpc) is 2.91. The van der Waals surface area contributed by atoms with Gasteiger partial charge in [0.2, 0.25) is 0 Å². The van der Waals surface area contributed by atoms with E-state index in [0.717, 1.165) is 23.1 Å². The lowest BCUT2D eigenvalue weighted by Gasteiger charge is -2.22. The van der Waals surface area contributed by atoms with Crippen LogP contribution in [0.2, 0.25) is 0 Å². The summed E-state index contributed by atoms with van der Waals surface area (Å²) in [5, 5.41) is 9.85. The van der Waals surface area contributed by atoms with E-state index in [1.165, 1.54) is 0 Å². The highest BCUT2D eigenvalue weighted by Gasteiger charge is 2.11. The number of fused-ring (bicyclic) bond motifs is 1. The Morgan fingerprint density at radius 2 is 2.05 bits per heavy atom. The molecule has 6 nitrogen and oxygen atoms in total. The van der Waals surface area contributed by atoms with Crippen LogP contribution < -0.4 is 4.90 Å². The summed E-state index contributed by atoms with van der Waals surface area (Å²) in [5.41, 5.74) is 1.90. The number of carbonyl (C=O) groups is 2. The quantitative estimate of drug-likeness (QED) is 0.768.